The van der Waals surface area contributed by atoms with Gasteiger partial charge in [-0.05, 0) is 38.8 Å². The monoisotopic (exact) mass is 502 g/mol. The van der Waals surface area contributed by atoms with Crippen LogP contribution >= 0.6 is 0 Å². The van der Waals surface area contributed by atoms with Gasteiger partial charge in [0.1, 0.15) is 29.5 Å². The first-order valence-corrected chi connectivity index (χ1v) is 11.5. The van der Waals surface area contributed by atoms with Gasteiger partial charge in [0.05, 0.1) is 23.6 Å². The normalized spacial score (nSPS) is 19.2. The quantitative estimate of drug-likeness (QED) is 0.505. The number of aliphatic hydroxyl groups excluding tert-OH is 1. The predicted molar refractivity (Wildman–Crippen MR) is 125 cm³/mol. The molecule has 1 atom stereocenters. The SMILES string of the molecule is CC1(C)OC(=O)c2ccc(Nc3cc(N4CCC[C@H](O)C4)c(-c4cnn(CC(F)(F)F)c4)cn3)nc21. The van der Waals surface area contributed by atoms with Gasteiger partial charge < -0.3 is 20.1 Å². The van der Waals surface area contributed by atoms with E-state index >= 15 is 0 Å². The fourth-order valence-electron chi connectivity index (χ4n) is 4.56. The highest BCUT2D eigenvalue weighted by Gasteiger charge is 2.39. The highest BCUT2D eigenvalue weighted by atomic mass is 19.4. The van der Waals surface area contributed by atoms with E-state index in [1.165, 1.54) is 12.4 Å². The number of pyridine rings is 2. The molecular weight excluding hydrogens is 477 g/mol. The van der Waals surface area contributed by atoms with E-state index in [0.29, 0.717) is 59.2 Å². The number of carbonyl (C=O) groups is 1. The molecule has 0 spiro atoms. The largest absolute Gasteiger partial charge is 0.449 e. The lowest BCUT2D eigenvalue weighted by molar-refractivity contribution is -0.142. The standard InChI is InChI=1S/C24H25F3N6O3/c1-23(2)21-16(22(35)36-23)5-6-19(31-21)30-20-8-18(32-7-3-4-15(34)12-32)17(10-28-20)14-9-29-33(11-14)13-24(25,26)27/h5-6,8-11,15,34H,3-4,7,12-13H2,1-2H3,(H,28,30,31)/t15-/m0/s1. The highest BCUT2D eigenvalue weighted by Crippen LogP contribution is 2.37. The minimum absolute atomic E-state index is 0.387. The number of aliphatic hydroxyl groups is 1. The molecule has 0 aliphatic carbocycles. The Hall–Kier alpha value is -3.67. The van der Waals surface area contributed by atoms with Gasteiger partial charge in [0.15, 0.2) is 0 Å². The molecule has 5 rings (SSSR count). The van der Waals surface area contributed by atoms with E-state index in [-0.39, 0.29) is 0 Å². The zero-order valence-corrected chi connectivity index (χ0v) is 19.7. The number of piperidine rings is 1. The number of anilines is 3. The van der Waals surface area contributed by atoms with Crippen LogP contribution in [0.5, 0.6) is 0 Å². The molecule has 0 amide bonds. The zero-order chi connectivity index (χ0) is 25.7. The van der Waals surface area contributed by atoms with Crippen molar-refractivity contribution in [1.29, 1.82) is 0 Å². The summed E-state index contributed by atoms with van der Waals surface area (Å²) in [5.41, 5.74) is 1.87. The number of aromatic nitrogens is 4. The average Bonchev–Trinajstić information content (AvgIpc) is 3.33. The summed E-state index contributed by atoms with van der Waals surface area (Å²) in [6.45, 7) is 3.40. The number of fused-ring (bicyclic) bond motifs is 1. The number of nitrogens with zero attached hydrogens (tertiary/aromatic N) is 5. The molecular formula is C24H25F3N6O3. The third kappa shape index (κ3) is 4.85. The minimum atomic E-state index is -4.39. The zero-order valence-electron chi connectivity index (χ0n) is 19.7. The van der Waals surface area contributed by atoms with Crippen LogP contribution in [0.25, 0.3) is 11.1 Å². The summed E-state index contributed by atoms with van der Waals surface area (Å²) in [7, 11) is 0. The first kappa shape index (κ1) is 24.0. The Labute approximate surface area is 204 Å². The van der Waals surface area contributed by atoms with Crippen LogP contribution in [-0.4, -0.2) is 56.2 Å². The molecule has 0 unspecified atom stereocenters. The predicted octanol–water partition coefficient (Wildman–Crippen LogP) is 4.01. The molecule has 5 heterocycles. The highest BCUT2D eigenvalue weighted by molar-refractivity contribution is 5.94. The summed E-state index contributed by atoms with van der Waals surface area (Å²) in [6.07, 6.45) is 0.834. The van der Waals surface area contributed by atoms with Crippen LogP contribution in [0, 0.1) is 0 Å². The molecule has 2 N–H and O–H groups in total. The Balaban J connectivity index is 1.48. The second-order valence-electron chi connectivity index (χ2n) is 9.49. The van der Waals surface area contributed by atoms with E-state index in [9.17, 15) is 23.1 Å². The number of halogens is 3. The number of cyclic esters (lactones) is 1. The van der Waals surface area contributed by atoms with Crippen molar-refractivity contribution in [3.8, 4) is 11.1 Å². The van der Waals surface area contributed by atoms with Gasteiger partial charge in [-0.15, -0.1) is 0 Å². The summed E-state index contributed by atoms with van der Waals surface area (Å²) in [5.74, 6) is 0.489. The minimum Gasteiger partial charge on any atom is -0.449 e. The molecule has 3 aromatic rings. The van der Waals surface area contributed by atoms with Gasteiger partial charge in [-0.25, -0.2) is 14.8 Å². The Morgan fingerprint density at radius 3 is 2.78 bits per heavy atom. The van der Waals surface area contributed by atoms with Crippen LogP contribution in [-0.2, 0) is 16.9 Å². The molecule has 0 aromatic carbocycles. The smallest absolute Gasteiger partial charge is 0.408 e. The van der Waals surface area contributed by atoms with E-state index in [0.717, 1.165) is 11.1 Å². The van der Waals surface area contributed by atoms with Crippen LogP contribution in [0.2, 0.25) is 0 Å². The molecule has 0 bridgehead atoms. The van der Waals surface area contributed by atoms with Crippen LogP contribution in [0.1, 0.15) is 42.7 Å². The molecule has 2 aliphatic rings. The van der Waals surface area contributed by atoms with Gasteiger partial charge in [-0.2, -0.15) is 18.3 Å². The van der Waals surface area contributed by atoms with Crippen LogP contribution < -0.4 is 10.2 Å². The van der Waals surface area contributed by atoms with Crippen molar-refractivity contribution in [2.45, 2.75) is 51.1 Å². The van der Waals surface area contributed by atoms with Gasteiger partial charge >= 0.3 is 12.1 Å². The number of alkyl halides is 3. The van der Waals surface area contributed by atoms with Crippen molar-refractivity contribution in [3.63, 3.8) is 0 Å². The second-order valence-corrected chi connectivity index (χ2v) is 9.49. The molecule has 36 heavy (non-hydrogen) atoms. The number of hydrogen-bond donors (Lipinski definition) is 2. The second kappa shape index (κ2) is 8.77. The van der Waals surface area contributed by atoms with Crippen LogP contribution in [0.15, 0.2) is 36.8 Å². The summed E-state index contributed by atoms with van der Waals surface area (Å²) in [4.78, 5) is 23.1. The van der Waals surface area contributed by atoms with E-state index in [1.807, 2.05) is 4.90 Å². The molecule has 190 valence electrons. The topological polar surface area (TPSA) is 105 Å². The fourth-order valence-corrected chi connectivity index (χ4v) is 4.56. The molecule has 1 saturated heterocycles. The maximum Gasteiger partial charge on any atom is 0.408 e. The van der Waals surface area contributed by atoms with Crippen molar-refractivity contribution in [2.75, 3.05) is 23.3 Å². The number of rotatable bonds is 5. The third-order valence-electron chi connectivity index (χ3n) is 6.19. The fraction of sp³-hybridized carbons (Fsp3) is 0.417. The van der Waals surface area contributed by atoms with Crippen LogP contribution in [0.4, 0.5) is 30.5 Å². The average molecular weight is 502 g/mol. The van der Waals surface area contributed by atoms with E-state index < -0.39 is 30.4 Å². The van der Waals surface area contributed by atoms with Crippen molar-refractivity contribution < 1.29 is 27.8 Å². The molecule has 0 saturated carbocycles. The van der Waals surface area contributed by atoms with Gasteiger partial charge in [0, 0.05) is 42.7 Å². The summed E-state index contributed by atoms with van der Waals surface area (Å²) >= 11 is 0. The number of nitrogens with one attached hydrogen (secondary N) is 1. The number of hydrogen-bond acceptors (Lipinski definition) is 8. The summed E-state index contributed by atoms with van der Waals surface area (Å²) in [6, 6.07) is 5.08. The number of esters is 1. The van der Waals surface area contributed by atoms with Gasteiger partial charge in [-0.1, -0.05) is 0 Å². The molecule has 0 radical (unpaired) electrons. The van der Waals surface area contributed by atoms with E-state index in [4.69, 9.17) is 4.74 Å². The summed E-state index contributed by atoms with van der Waals surface area (Å²) < 4.78 is 44.7. The van der Waals surface area contributed by atoms with Crippen molar-refractivity contribution in [1.82, 2.24) is 19.7 Å². The lowest BCUT2D eigenvalue weighted by atomic mass is 10.0. The Morgan fingerprint density at radius 1 is 1.22 bits per heavy atom. The lowest BCUT2D eigenvalue weighted by Gasteiger charge is -2.33. The van der Waals surface area contributed by atoms with Gasteiger partial charge in [0.2, 0.25) is 0 Å². The van der Waals surface area contributed by atoms with E-state index in [2.05, 4.69) is 20.4 Å². The molecule has 9 nitrogen and oxygen atoms in total. The molecule has 2 aliphatic heterocycles. The Bertz CT molecular complexity index is 1310. The molecule has 1 fully saturated rings. The van der Waals surface area contributed by atoms with Crippen LogP contribution in [0.3, 0.4) is 0 Å². The Kier molecular flexibility index (Phi) is 5.86. The van der Waals surface area contributed by atoms with E-state index in [1.54, 1.807) is 38.2 Å². The van der Waals surface area contributed by atoms with Crippen molar-refractivity contribution in [3.05, 3.63) is 48.0 Å². The third-order valence-corrected chi connectivity index (χ3v) is 6.19. The maximum atomic E-state index is 12.8. The maximum absolute atomic E-state index is 12.8. The molecule has 3 aromatic heterocycles. The van der Waals surface area contributed by atoms with Crippen molar-refractivity contribution >= 4 is 23.3 Å². The van der Waals surface area contributed by atoms with Gasteiger partial charge in [-0.3, -0.25) is 4.68 Å². The van der Waals surface area contributed by atoms with Gasteiger partial charge in [0.25, 0.3) is 0 Å². The number of β-amino-alcohol motifs (C(OH)–C–C–N with tert-alkyl or cyclic N) is 1. The number of ether oxygens (including phenoxy) is 1. The molecule has 12 heteroatoms. The first-order valence-electron chi connectivity index (χ1n) is 11.5. The van der Waals surface area contributed by atoms with Crippen molar-refractivity contribution in [2.24, 2.45) is 0 Å². The Morgan fingerprint density at radius 2 is 2.03 bits per heavy atom. The lowest BCUT2D eigenvalue weighted by Crippen LogP contribution is -2.38. The number of carbonyl (C=O) groups excluding carboxylic acids is 1. The summed E-state index contributed by atoms with van der Waals surface area (Å²) in [5, 5.41) is 17.2. The first-order chi connectivity index (χ1) is 17.0.